The molecule has 132 heavy (non-hydrogen) atoms. The molecule has 6 aromatic carbocycles. The van der Waals surface area contributed by atoms with Gasteiger partial charge in [0, 0.05) is 128 Å². The van der Waals surface area contributed by atoms with Gasteiger partial charge in [-0.1, -0.05) is 151 Å². The summed E-state index contributed by atoms with van der Waals surface area (Å²) in [5.74, 6) is -23.5. The maximum Gasteiger partial charge on any atom is 0.293 e. The van der Waals surface area contributed by atoms with Gasteiger partial charge in [-0.15, -0.1) is 11.8 Å². The van der Waals surface area contributed by atoms with E-state index in [1.54, 1.807) is 119 Å². The van der Waals surface area contributed by atoms with Gasteiger partial charge < -0.3 is 82.1 Å². The smallest absolute Gasteiger partial charge is 0.293 e. The molecule has 11 atom stereocenters. The molecule has 0 unspecified atom stereocenters. The number of carbonyl (C=O) groups excluding carboxylic acids is 16. The Kier molecular flexibility index (Phi) is 39.6. The first-order chi connectivity index (χ1) is 62.7. The number of aromatic hydroxyl groups is 2. The van der Waals surface area contributed by atoms with Crippen molar-refractivity contribution in [3.8, 4) is 11.5 Å². The minimum Gasteiger partial charge on any atom is -0.508 e. The Hall–Kier alpha value is -13.3. The molecule has 0 spiro atoms. The normalized spacial score (nSPS) is 21.8. The lowest BCUT2D eigenvalue weighted by Crippen LogP contribution is -2.59. The van der Waals surface area contributed by atoms with Gasteiger partial charge in [-0.3, -0.25) is 76.7 Å². The predicted octanol–water partition coefficient (Wildman–Crippen LogP) is 5.86. The van der Waals surface area contributed by atoms with Crippen LogP contribution in [0.1, 0.15) is 119 Å². The number of nitrogens with zero attached hydrogens (tertiary/aromatic N) is 5. The average Bonchev–Trinajstić information content (AvgIpc) is 1.02. The van der Waals surface area contributed by atoms with Crippen LogP contribution in [-0.4, -0.2) is 255 Å². The zero-order chi connectivity index (χ0) is 96.7. The quantitative estimate of drug-likeness (QED) is 0.0237. The van der Waals surface area contributed by atoms with E-state index in [4.69, 9.17) is 10.5 Å². The van der Waals surface area contributed by atoms with E-state index < -0.39 is 247 Å². The summed E-state index contributed by atoms with van der Waals surface area (Å²) in [6, 6.07) is 22.2. The first-order valence-corrected chi connectivity index (χ1v) is 44.8. The minimum atomic E-state index is -1.85. The number of benzene rings is 6. The van der Waals surface area contributed by atoms with E-state index in [1.165, 1.54) is 83.8 Å². The number of phenolic OH excluding ortho intramolecular Hbond substituents is 2. The lowest BCUT2D eigenvalue weighted by molar-refractivity contribution is -0.151. The molecule has 7 aromatic rings. The molecule has 0 bridgehead atoms. The van der Waals surface area contributed by atoms with Crippen molar-refractivity contribution in [1.82, 2.24) is 61.4 Å². The SMILES string of the molecule is CCCC[C@H]1C(=O)N(C)CC(=O)C[C@@H](COC=O)C(=O)C[C@@H](C(C)C)C(=O)N(C)[C@@H](Cc2ccccc2)C(=O)N[C@@H](Cc2ccc(O)cc2)C(=O)N(C)CC(=O)N[C@@H](Cc2c[nH]c3ccccc23)C(=O)N[C@@H](Cc2ccc(O)cc2)C(=O)N[C@@H](CC(C)C)C(=O)N[C@H](C(=O)CCC(N)=O)CSCC(=O)N[C@@H](Cc2cc(F)c(F)c(F)c2)C(=O)N(C)[C@@H](Cc2ccccc2)C(=O)N1C. The molecule has 0 saturated carbocycles. The summed E-state index contributed by atoms with van der Waals surface area (Å²) in [6.45, 7) is 6.46. The first-order valence-electron chi connectivity index (χ1n) is 43.6. The van der Waals surface area contributed by atoms with Crippen LogP contribution in [0.4, 0.5) is 13.2 Å². The van der Waals surface area contributed by atoms with Crippen LogP contribution in [-0.2, 0) is 120 Å². The molecule has 32 nitrogen and oxygen atoms in total. The van der Waals surface area contributed by atoms with E-state index >= 15 is 47.1 Å². The summed E-state index contributed by atoms with van der Waals surface area (Å²) in [4.78, 5) is 243. The fraction of sp³-hybridized carbons (Fsp3) is 0.438. The summed E-state index contributed by atoms with van der Waals surface area (Å²) < 4.78 is 50.1. The van der Waals surface area contributed by atoms with Gasteiger partial charge in [-0.25, -0.2) is 13.2 Å². The number of aromatic amines is 1. The van der Waals surface area contributed by atoms with Crippen molar-refractivity contribution >= 4 is 117 Å². The Balaban J connectivity index is 1.22. The highest BCUT2D eigenvalue weighted by Gasteiger charge is 2.43. The zero-order valence-electron chi connectivity index (χ0n) is 75.6. The van der Waals surface area contributed by atoms with E-state index in [9.17, 15) is 53.0 Å². The Labute approximate surface area is 768 Å². The van der Waals surface area contributed by atoms with Crippen LogP contribution in [0.25, 0.3) is 10.9 Å². The predicted molar refractivity (Wildman–Crippen MR) is 485 cm³/mol. The number of aromatic nitrogens is 1. The van der Waals surface area contributed by atoms with Crippen molar-refractivity contribution in [2.24, 2.45) is 29.4 Å². The number of Topliss-reactive ketones (excluding diaryl/α,β-unsaturated/α-hetero) is 3. The van der Waals surface area contributed by atoms with Gasteiger partial charge >= 0.3 is 0 Å². The number of carbonyl (C=O) groups is 16. The van der Waals surface area contributed by atoms with E-state index in [0.717, 1.165) is 36.3 Å². The molecular weight excluding hydrogens is 1730 g/mol. The summed E-state index contributed by atoms with van der Waals surface area (Å²) in [7, 11) is 6.39. The maximum atomic E-state index is 15.5. The van der Waals surface area contributed by atoms with Crippen LogP contribution in [0.3, 0.4) is 0 Å². The number of ketones is 3. The van der Waals surface area contributed by atoms with Crippen molar-refractivity contribution in [3.63, 3.8) is 0 Å². The second-order valence-electron chi connectivity index (χ2n) is 34.1. The Morgan fingerprint density at radius 2 is 1.02 bits per heavy atom. The number of nitrogens with two attached hydrogens (primary N) is 1. The molecule has 0 radical (unpaired) electrons. The number of primary amides is 1. The summed E-state index contributed by atoms with van der Waals surface area (Å²) >= 11 is 0.719. The van der Waals surface area contributed by atoms with Crippen molar-refractivity contribution < 1.29 is 105 Å². The van der Waals surface area contributed by atoms with Gasteiger partial charge in [0.2, 0.25) is 70.9 Å². The molecule has 1 aromatic heterocycles. The number of hydrogen-bond acceptors (Lipinski definition) is 20. The number of phenols is 2. The van der Waals surface area contributed by atoms with Crippen LogP contribution >= 0.6 is 11.8 Å². The highest BCUT2D eigenvalue weighted by Crippen LogP contribution is 2.28. The number of H-pyrrole nitrogens is 1. The second-order valence-corrected chi connectivity index (χ2v) is 35.2. The van der Waals surface area contributed by atoms with Crippen LogP contribution in [0.5, 0.6) is 11.5 Å². The number of nitrogens with one attached hydrogen (secondary N) is 7. The van der Waals surface area contributed by atoms with Crippen LogP contribution in [0, 0.1) is 41.1 Å². The minimum absolute atomic E-state index is 0.0173. The third kappa shape index (κ3) is 30.7. The molecule has 8 rings (SSSR count). The highest BCUT2D eigenvalue weighted by atomic mass is 32.2. The number of ether oxygens (including phenoxy) is 1. The Bertz CT molecular complexity index is 5200. The monoisotopic (exact) mass is 1850 g/mol. The van der Waals surface area contributed by atoms with Crippen molar-refractivity contribution in [2.45, 2.75) is 179 Å². The van der Waals surface area contributed by atoms with Crippen molar-refractivity contribution in [3.05, 3.63) is 203 Å². The van der Waals surface area contributed by atoms with Gasteiger partial charge in [-0.05, 0) is 101 Å². The fourth-order valence-electron chi connectivity index (χ4n) is 15.7. The molecule has 12 amide bonds. The lowest BCUT2D eigenvalue weighted by atomic mass is 9.84. The van der Waals surface area contributed by atoms with Crippen LogP contribution in [0.15, 0.2) is 152 Å². The molecule has 11 N–H and O–H groups in total. The van der Waals surface area contributed by atoms with E-state index in [-0.39, 0.29) is 68.5 Å². The number of rotatable bonds is 25. The Morgan fingerprint density at radius 1 is 0.523 bits per heavy atom. The van der Waals surface area contributed by atoms with Gasteiger partial charge in [0.25, 0.3) is 6.47 Å². The molecule has 2 heterocycles. The molecule has 1 saturated heterocycles. The number of amides is 12. The lowest BCUT2D eigenvalue weighted by Gasteiger charge is -2.37. The molecule has 708 valence electrons. The summed E-state index contributed by atoms with van der Waals surface area (Å²) in [5, 5.41) is 37.6. The second kappa shape index (κ2) is 50.2. The van der Waals surface area contributed by atoms with Gasteiger partial charge in [-0.2, -0.15) is 0 Å². The molecule has 1 aliphatic rings. The van der Waals surface area contributed by atoms with Gasteiger partial charge in [0.1, 0.15) is 72.2 Å². The number of likely N-dealkylation sites (N-methyl/N-ethyl adjacent to an activating group) is 5. The number of para-hydroxylation sites is 1. The number of hydrogen-bond donors (Lipinski definition) is 10. The van der Waals surface area contributed by atoms with Gasteiger partial charge in [0.05, 0.1) is 30.8 Å². The number of fused-ring (bicyclic) bond motifs is 1. The number of thioether (sulfide) groups is 1. The molecular formula is C96H118F3N13O19S. The number of unbranched alkanes of at least 4 members (excludes halogenated alkanes) is 1. The Morgan fingerprint density at radius 3 is 1.60 bits per heavy atom. The first kappa shape index (κ1) is 104. The molecule has 1 fully saturated rings. The summed E-state index contributed by atoms with van der Waals surface area (Å²) in [5.41, 5.74) is 8.09. The van der Waals surface area contributed by atoms with Crippen molar-refractivity contribution in [1.29, 1.82) is 0 Å². The molecule has 0 aliphatic carbocycles. The summed E-state index contributed by atoms with van der Waals surface area (Å²) in [6.07, 6.45) is -2.10. The molecule has 36 heteroatoms. The third-order valence-corrected chi connectivity index (χ3v) is 24.2. The third-order valence-electron chi connectivity index (χ3n) is 23.1. The van der Waals surface area contributed by atoms with Crippen molar-refractivity contribution in [2.75, 3.05) is 66.4 Å². The molecule has 1 aliphatic heterocycles. The largest absolute Gasteiger partial charge is 0.508 e. The van der Waals surface area contributed by atoms with E-state index in [0.29, 0.717) is 63.7 Å². The standard InChI is InChI=1S/C96H118F3N13O19S/c1-11-12-27-79-95(129)108(6)50-67(116)46-64(52-131-55-113)83(118)48-69(57(4)5)92(126)111(9)80(44-58-21-15-13-16-22-58)91(125)106-76(42-61-30-34-66(115)35-31-61)93(127)109(7)51-85(120)102-75(47-63-49-101-72-26-20-19-25-68(63)72)90(124)105-74(41-60-28-32-65(114)33-29-60)89(123)104-73(38-56(2)3)88(122)107-78(82(117)36-37-84(100)119)53-132-54-86(121)103-77(43-62-39-70(97)87(99)71(98)40-62)94(128)112(10)81(96(130)110(79)8)45-59-23-17-14-18-24-59/h13-26,28-35,39-40,49,55-57,64,69,73-81,101,114-115H,11-12,27,36-38,41-48,50-54H2,1-10H3,(H2,100,119)(H,102,120)(H,103,121)(H,104,123)(H,105,124)(H,106,125)(H,107,122)/t64-,69-,73-,74-,75-,76-,77-,78-,79-,80-,81-/m0/s1. The van der Waals surface area contributed by atoms with Crippen LogP contribution in [0.2, 0.25) is 0 Å². The maximum absolute atomic E-state index is 15.5. The van der Waals surface area contributed by atoms with Crippen LogP contribution < -0.4 is 37.6 Å². The number of halogens is 3. The highest BCUT2D eigenvalue weighted by molar-refractivity contribution is 8.00. The van der Waals surface area contributed by atoms with E-state index in [1.807, 2.05) is 6.92 Å². The topological polar surface area (TPSA) is 453 Å². The van der Waals surface area contributed by atoms with E-state index in [2.05, 4.69) is 36.9 Å². The fourth-order valence-corrected chi connectivity index (χ4v) is 16.6. The average molecular weight is 1850 g/mol. The zero-order valence-corrected chi connectivity index (χ0v) is 76.5. The van der Waals surface area contributed by atoms with Gasteiger partial charge in [0.15, 0.2) is 29.0 Å².